The van der Waals surface area contributed by atoms with Crippen molar-refractivity contribution >= 4 is 5.91 Å². The number of rotatable bonds is 4. The molecule has 6 heteroatoms. The Morgan fingerprint density at radius 2 is 2.00 bits per heavy atom. The second-order valence-electron chi connectivity index (χ2n) is 5.56. The largest absolute Gasteiger partial charge is 0.486 e. The van der Waals surface area contributed by atoms with Crippen LogP contribution in [0.25, 0.3) is 0 Å². The third-order valence-corrected chi connectivity index (χ3v) is 3.64. The number of benzene rings is 1. The first kappa shape index (κ1) is 15.3. The molecule has 0 radical (unpaired) electrons. The molecule has 0 saturated carbocycles. The lowest BCUT2D eigenvalue weighted by atomic mass is 10.1. The van der Waals surface area contributed by atoms with E-state index in [9.17, 15) is 14.0 Å². The van der Waals surface area contributed by atoms with Gasteiger partial charge >= 0.3 is 5.63 Å². The lowest BCUT2D eigenvalue weighted by Crippen LogP contribution is -2.56. The van der Waals surface area contributed by atoms with Crippen LogP contribution in [-0.4, -0.2) is 30.0 Å². The standard InChI is InChI=1S/C17H16FNO4/c1-11-6-14(8-17(21)22-11)23-15-9-19(10-15)16(20)7-12-2-4-13(18)5-3-12/h2-6,8,15H,7,9-10H2,1H3. The summed E-state index contributed by atoms with van der Waals surface area (Å²) in [6.07, 6.45) is 0.106. The summed E-state index contributed by atoms with van der Waals surface area (Å²) in [5.74, 6) is 0.590. The van der Waals surface area contributed by atoms with E-state index in [4.69, 9.17) is 9.15 Å². The second-order valence-corrected chi connectivity index (χ2v) is 5.56. The summed E-state index contributed by atoms with van der Waals surface area (Å²) in [4.78, 5) is 25.0. The lowest BCUT2D eigenvalue weighted by molar-refractivity contribution is -0.139. The first-order valence-corrected chi connectivity index (χ1v) is 7.30. The quantitative estimate of drug-likeness (QED) is 0.864. The molecule has 0 unspecified atom stereocenters. The zero-order chi connectivity index (χ0) is 16.4. The zero-order valence-electron chi connectivity index (χ0n) is 12.6. The number of ether oxygens (including phenoxy) is 1. The highest BCUT2D eigenvalue weighted by Crippen LogP contribution is 2.19. The van der Waals surface area contributed by atoms with E-state index in [1.165, 1.54) is 18.2 Å². The van der Waals surface area contributed by atoms with Gasteiger partial charge in [-0.05, 0) is 24.6 Å². The van der Waals surface area contributed by atoms with Gasteiger partial charge in [-0.1, -0.05) is 12.1 Å². The van der Waals surface area contributed by atoms with E-state index in [-0.39, 0.29) is 24.2 Å². The van der Waals surface area contributed by atoms with Gasteiger partial charge in [0.25, 0.3) is 0 Å². The van der Waals surface area contributed by atoms with Gasteiger partial charge in [0.1, 0.15) is 23.4 Å². The van der Waals surface area contributed by atoms with Gasteiger partial charge in [-0.15, -0.1) is 0 Å². The molecule has 1 saturated heterocycles. The second kappa shape index (κ2) is 6.24. The first-order valence-electron chi connectivity index (χ1n) is 7.30. The summed E-state index contributed by atoms with van der Waals surface area (Å²) >= 11 is 0. The van der Waals surface area contributed by atoms with Crippen LogP contribution in [0.15, 0.2) is 45.6 Å². The van der Waals surface area contributed by atoms with Crippen LogP contribution in [0.3, 0.4) is 0 Å². The molecule has 1 aromatic carbocycles. The predicted octanol–water partition coefficient (Wildman–Crippen LogP) is 1.92. The number of halogens is 1. The predicted molar refractivity (Wildman–Crippen MR) is 80.8 cm³/mol. The van der Waals surface area contributed by atoms with Crippen LogP contribution in [0.4, 0.5) is 4.39 Å². The maximum absolute atomic E-state index is 12.8. The summed E-state index contributed by atoms with van der Waals surface area (Å²) in [5, 5.41) is 0. The summed E-state index contributed by atoms with van der Waals surface area (Å²) in [6.45, 7) is 2.62. The normalized spacial score (nSPS) is 14.4. The molecule has 1 aliphatic heterocycles. The minimum atomic E-state index is -0.455. The summed E-state index contributed by atoms with van der Waals surface area (Å²) in [5.41, 5.74) is 0.320. The van der Waals surface area contributed by atoms with Crippen LogP contribution in [0.1, 0.15) is 11.3 Å². The van der Waals surface area contributed by atoms with Gasteiger partial charge in [0.2, 0.25) is 5.91 Å². The van der Waals surface area contributed by atoms with Gasteiger partial charge in [0, 0.05) is 6.07 Å². The van der Waals surface area contributed by atoms with Crippen LogP contribution in [0, 0.1) is 12.7 Å². The Morgan fingerprint density at radius 1 is 1.30 bits per heavy atom. The van der Waals surface area contributed by atoms with Crippen molar-refractivity contribution in [2.45, 2.75) is 19.4 Å². The SMILES string of the molecule is Cc1cc(OC2CN(C(=O)Cc3ccc(F)cc3)C2)cc(=O)o1. The van der Waals surface area contributed by atoms with Crippen LogP contribution in [-0.2, 0) is 11.2 Å². The van der Waals surface area contributed by atoms with E-state index in [1.54, 1.807) is 30.0 Å². The van der Waals surface area contributed by atoms with Crippen LogP contribution >= 0.6 is 0 Å². The number of carbonyl (C=O) groups excluding carboxylic acids is 1. The van der Waals surface area contributed by atoms with Gasteiger partial charge in [-0.25, -0.2) is 9.18 Å². The molecule has 3 rings (SSSR count). The molecule has 1 aliphatic rings. The highest BCUT2D eigenvalue weighted by Gasteiger charge is 2.32. The molecule has 5 nitrogen and oxygen atoms in total. The van der Waals surface area contributed by atoms with Gasteiger partial charge in [-0.2, -0.15) is 0 Å². The summed E-state index contributed by atoms with van der Waals surface area (Å²) in [7, 11) is 0. The van der Waals surface area contributed by atoms with Crippen molar-refractivity contribution in [2.24, 2.45) is 0 Å². The van der Waals surface area contributed by atoms with Crippen LogP contribution in [0.5, 0.6) is 5.75 Å². The Morgan fingerprint density at radius 3 is 2.65 bits per heavy atom. The number of likely N-dealkylation sites (tertiary alicyclic amines) is 1. The van der Waals surface area contributed by atoms with Crippen molar-refractivity contribution in [2.75, 3.05) is 13.1 Å². The van der Waals surface area contributed by atoms with Gasteiger partial charge < -0.3 is 14.1 Å². The molecule has 23 heavy (non-hydrogen) atoms. The number of hydrogen-bond donors (Lipinski definition) is 0. The molecular formula is C17H16FNO4. The lowest BCUT2D eigenvalue weighted by Gasteiger charge is -2.39. The van der Waals surface area contributed by atoms with E-state index in [0.717, 1.165) is 5.56 Å². The van der Waals surface area contributed by atoms with Crippen molar-refractivity contribution in [3.05, 3.63) is 64.0 Å². The Bertz CT molecular complexity index is 763. The smallest absolute Gasteiger partial charge is 0.339 e. The van der Waals surface area contributed by atoms with Crippen molar-refractivity contribution < 1.29 is 18.3 Å². The Labute approximate surface area is 132 Å². The fraction of sp³-hybridized carbons (Fsp3) is 0.294. The zero-order valence-corrected chi connectivity index (χ0v) is 12.6. The molecule has 0 bridgehead atoms. The van der Waals surface area contributed by atoms with Gasteiger partial charge in [-0.3, -0.25) is 4.79 Å². The molecule has 120 valence electrons. The fourth-order valence-electron chi connectivity index (χ4n) is 2.44. The van der Waals surface area contributed by atoms with Crippen molar-refractivity contribution in [3.8, 4) is 5.75 Å². The van der Waals surface area contributed by atoms with Crippen molar-refractivity contribution in [1.82, 2.24) is 4.90 Å². The number of nitrogens with zero attached hydrogens (tertiary/aromatic N) is 1. The van der Waals surface area contributed by atoms with Gasteiger partial charge in [0.15, 0.2) is 0 Å². The average Bonchev–Trinajstić information content (AvgIpc) is 2.43. The maximum Gasteiger partial charge on any atom is 0.339 e. The van der Waals surface area contributed by atoms with Crippen molar-refractivity contribution in [1.29, 1.82) is 0 Å². The van der Waals surface area contributed by atoms with E-state index in [1.807, 2.05) is 0 Å². The molecule has 2 aromatic rings. The van der Waals surface area contributed by atoms with Crippen molar-refractivity contribution in [3.63, 3.8) is 0 Å². The molecular weight excluding hydrogens is 301 g/mol. The Balaban J connectivity index is 1.51. The molecule has 0 aliphatic carbocycles. The molecule has 1 fully saturated rings. The topological polar surface area (TPSA) is 59.8 Å². The number of carbonyl (C=O) groups is 1. The Kier molecular flexibility index (Phi) is 4.14. The highest BCUT2D eigenvalue weighted by molar-refractivity contribution is 5.79. The van der Waals surface area contributed by atoms with Crippen LogP contribution in [0.2, 0.25) is 0 Å². The monoisotopic (exact) mass is 317 g/mol. The third kappa shape index (κ3) is 3.77. The minimum absolute atomic E-state index is 0.0276. The average molecular weight is 317 g/mol. The van der Waals surface area contributed by atoms with E-state index in [2.05, 4.69) is 0 Å². The maximum atomic E-state index is 12.8. The third-order valence-electron chi connectivity index (χ3n) is 3.64. The molecule has 1 amide bonds. The molecule has 1 aromatic heterocycles. The first-order chi connectivity index (χ1) is 11.0. The van der Waals surface area contributed by atoms with E-state index in [0.29, 0.717) is 24.6 Å². The van der Waals surface area contributed by atoms with Gasteiger partial charge in [0.05, 0.1) is 25.6 Å². The number of hydrogen-bond acceptors (Lipinski definition) is 4. The minimum Gasteiger partial charge on any atom is -0.486 e. The molecule has 2 heterocycles. The molecule has 0 N–H and O–H groups in total. The number of aryl methyl sites for hydroxylation is 1. The van der Waals surface area contributed by atoms with E-state index >= 15 is 0 Å². The summed E-state index contributed by atoms with van der Waals surface area (Å²) < 4.78 is 23.3. The highest BCUT2D eigenvalue weighted by atomic mass is 19.1. The Hall–Kier alpha value is -2.63. The van der Waals surface area contributed by atoms with Crippen LogP contribution < -0.4 is 10.4 Å². The summed E-state index contributed by atoms with van der Waals surface area (Å²) in [6, 6.07) is 8.82. The number of amides is 1. The molecule has 0 spiro atoms. The van der Waals surface area contributed by atoms with E-state index < -0.39 is 5.63 Å². The molecule has 0 atom stereocenters. The fourth-order valence-corrected chi connectivity index (χ4v) is 2.44.